The standard InChI is InChI=1S/C17H25NO3/c1-17(2,16(20)21)13-15(19)18(3)12-8-7-11-14-9-5-4-6-10-14/h4-6,9-10H,7-8,11-13H2,1-3H3,(H,20,21). The first-order valence-corrected chi connectivity index (χ1v) is 7.34. The fraction of sp³-hybridized carbons (Fsp3) is 0.529. The second kappa shape index (κ2) is 7.81. The van der Waals surface area contributed by atoms with Crippen molar-refractivity contribution in [2.24, 2.45) is 5.41 Å². The van der Waals surface area contributed by atoms with Crippen molar-refractivity contribution in [2.45, 2.75) is 39.5 Å². The number of hydrogen-bond donors (Lipinski definition) is 1. The monoisotopic (exact) mass is 291 g/mol. The van der Waals surface area contributed by atoms with Crippen molar-refractivity contribution in [3.05, 3.63) is 35.9 Å². The molecule has 0 saturated carbocycles. The molecule has 1 N–H and O–H groups in total. The molecule has 0 aliphatic rings. The zero-order valence-electron chi connectivity index (χ0n) is 13.1. The second-order valence-electron chi connectivity index (χ2n) is 6.12. The maximum atomic E-state index is 12.0. The molecule has 1 rings (SSSR count). The third kappa shape index (κ3) is 5.98. The Kier molecular flexibility index (Phi) is 6.40. The summed E-state index contributed by atoms with van der Waals surface area (Å²) in [4.78, 5) is 24.7. The van der Waals surface area contributed by atoms with Gasteiger partial charge in [0.1, 0.15) is 0 Å². The number of nitrogens with zero attached hydrogens (tertiary/aromatic N) is 1. The molecule has 0 unspecified atom stereocenters. The van der Waals surface area contributed by atoms with Crippen molar-refractivity contribution in [2.75, 3.05) is 13.6 Å². The highest BCUT2D eigenvalue weighted by Gasteiger charge is 2.31. The van der Waals surface area contributed by atoms with Gasteiger partial charge in [-0.15, -0.1) is 0 Å². The molecule has 0 aromatic heterocycles. The zero-order chi connectivity index (χ0) is 15.9. The van der Waals surface area contributed by atoms with E-state index in [9.17, 15) is 9.59 Å². The molecule has 1 aromatic rings. The van der Waals surface area contributed by atoms with Crippen molar-refractivity contribution in [3.63, 3.8) is 0 Å². The minimum absolute atomic E-state index is 0.0392. The average Bonchev–Trinajstić information content (AvgIpc) is 2.43. The number of amides is 1. The SMILES string of the molecule is CN(CCCCc1ccccc1)C(=O)CC(C)(C)C(=O)O. The number of unbranched alkanes of at least 4 members (excludes halogenated alkanes) is 1. The molecule has 0 atom stereocenters. The lowest BCUT2D eigenvalue weighted by Gasteiger charge is -2.23. The summed E-state index contributed by atoms with van der Waals surface area (Å²) < 4.78 is 0. The van der Waals surface area contributed by atoms with Gasteiger partial charge in [0.25, 0.3) is 0 Å². The van der Waals surface area contributed by atoms with Crippen LogP contribution in [0.4, 0.5) is 0 Å². The molecule has 1 amide bonds. The number of rotatable bonds is 8. The van der Waals surface area contributed by atoms with Gasteiger partial charge in [-0.05, 0) is 38.7 Å². The van der Waals surface area contributed by atoms with Crippen LogP contribution >= 0.6 is 0 Å². The average molecular weight is 291 g/mol. The van der Waals surface area contributed by atoms with Crippen LogP contribution in [0.1, 0.15) is 38.7 Å². The smallest absolute Gasteiger partial charge is 0.309 e. The van der Waals surface area contributed by atoms with E-state index in [1.54, 1.807) is 25.8 Å². The van der Waals surface area contributed by atoms with E-state index in [4.69, 9.17) is 5.11 Å². The van der Waals surface area contributed by atoms with Gasteiger partial charge in [-0.25, -0.2) is 0 Å². The van der Waals surface area contributed by atoms with Gasteiger partial charge in [0, 0.05) is 20.0 Å². The van der Waals surface area contributed by atoms with Crippen LogP contribution in [0, 0.1) is 5.41 Å². The maximum absolute atomic E-state index is 12.0. The number of aryl methyl sites for hydroxylation is 1. The highest BCUT2D eigenvalue weighted by atomic mass is 16.4. The van der Waals surface area contributed by atoms with Crippen LogP contribution in [0.3, 0.4) is 0 Å². The van der Waals surface area contributed by atoms with Crippen molar-refractivity contribution in [1.82, 2.24) is 4.90 Å². The fourth-order valence-corrected chi connectivity index (χ4v) is 2.04. The molecule has 116 valence electrons. The van der Waals surface area contributed by atoms with Crippen LogP contribution in [0.2, 0.25) is 0 Å². The second-order valence-corrected chi connectivity index (χ2v) is 6.12. The van der Waals surface area contributed by atoms with E-state index in [1.165, 1.54) is 5.56 Å². The van der Waals surface area contributed by atoms with E-state index in [-0.39, 0.29) is 12.3 Å². The first-order valence-electron chi connectivity index (χ1n) is 7.34. The van der Waals surface area contributed by atoms with Gasteiger partial charge in [0.2, 0.25) is 5.91 Å². The number of carboxylic acids is 1. The van der Waals surface area contributed by atoms with Gasteiger partial charge in [-0.3, -0.25) is 9.59 Å². The topological polar surface area (TPSA) is 57.6 Å². The Balaban J connectivity index is 2.28. The Labute approximate surface area is 126 Å². The third-order valence-electron chi connectivity index (χ3n) is 3.65. The van der Waals surface area contributed by atoms with Crippen molar-refractivity contribution >= 4 is 11.9 Å². The normalized spacial score (nSPS) is 11.2. The molecule has 4 nitrogen and oxygen atoms in total. The van der Waals surface area contributed by atoms with E-state index in [0.717, 1.165) is 19.3 Å². The molecule has 0 aliphatic heterocycles. The van der Waals surface area contributed by atoms with Gasteiger partial charge in [-0.2, -0.15) is 0 Å². The predicted octanol–water partition coefficient (Wildman–Crippen LogP) is 2.97. The van der Waals surface area contributed by atoms with Crippen LogP contribution in [0.5, 0.6) is 0 Å². The minimum Gasteiger partial charge on any atom is -0.481 e. The fourth-order valence-electron chi connectivity index (χ4n) is 2.04. The molecule has 0 aliphatic carbocycles. The van der Waals surface area contributed by atoms with Crippen LogP contribution in [-0.2, 0) is 16.0 Å². The van der Waals surface area contributed by atoms with E-state index in [1.807, 2.05) is 18.2 Å². The molecular weight excluding hydrogens is 266 g/mol. The predicted molar refractivity (Wildman–Crippen MR) is 83.1 cm³/mol. The summed E-state index contributed by atoms with van der Waals surface area (Å²) in [5.41, 5.74) is 0.300. The Bertz CT molecular complexity index is 468. The molecule has 1 aromatic carbocycles. The van der Waals surface area contributed by atoms with E-state index < -0.39 is 11.4 Å². The number of aliphatic carboxylic acids is 1. The van der Waals surface area contributed by atoms with Crippen LogP contribution in [0.25, 0.3) is 0 Å². The van der Waals surface area contributed by atoms with E-state index in [0.29, 0.717) is 6.54 Å². The number of carbonyl (C=O) groups excluding carboxylic acids is 1. The Morgan fingerprint density at radius 3 is 2.33 bits per heavy atom. The molecule has 0 fully saturated rings. The van der Waals surface area contributed by atoms with Crippen molar-refractivity contribution in [1.29, 1.82) is 0 Å². The lowest BCUT2D eigenvalue weighted by Crippen LogP contribution is -2.35. The van der Waals surface area contributed by atoms with Crippen LogP contribution < -0.4 is 0 Å². The van der Waals surface area contributed by atoms with Crippen molar-refractivity contribution < 1.29 is 14.7 Å². The molecule has 0 saturated heterocycles. The summed E-state index contributed by atoms with van der Waals surface area (Å²) in [7, 11) is 1.74. The highest BCUT2D eigenvalue weighted by Crippen LogP contribution is 2.21. The van der Waals surface area contributed by atoms with Gasteiger partial charge < -0.3 is 10.0 Å². The maximum Gasteiger partial charge on any atom is 0.309 e. The Morgan fingerprint density at radius 1 is 1.14 bits per heavy atom. The molecular formula is C17H25NO3. The van der Waals surface area contributed by atoms with E-state index in [2.05, 4.69) is 12.1 Å². The molecule has 0 radical (unpaired) electrons. The first-order chi connectivity index (χ1) is 9.83. The quantitative estimate of drug-likeness (QED) is 0.749. The summed E-state index contributed by atoms with van der Waals surface area (Å²) >= 11 is 0. The number of hydrogen-bond acceptors (Lipinski definition) is 2. The lowest BCUT2D eigenvalue weighted by atomic mass is 9.89. The summed E-state index contributed by atoms with van der Waals surface area (Å²) in [6.07, 6.45) is 2.98. The van der Waals surface area contributed by atoms with E-state index >= 15 is 0 Å². The Hall–Kier alpha value is -1.84. The summed E-state index contributed by atoms with van der Waals surface area (Å²) in [5, 5.41) is 9.04. The Morgan fingerprint density at radius 2 is 1.76 bits per heavy atom. The highest BCUT2D eigenvalue weighted by molar-refractivity contribution is 5.84. The van der Waals surface area contributed by atoms with Gasteiger partial charge in [-0.1, -0.05) is 30.3 Å². The zero-order valence-corrected chi connectivity index (χ0v) is 13.1. The van der Waals surface area contributed by atoms with Gasteiger partial charge >= 0.3 is 5.97 Å². The molecule has 4 heteroatoms. The van der Waals surface area contributed by atoms with Crippen LogP contribution in [0.15, 0.2) is 30.3 Å². The number of carbonyl (C=O) groups is 2. The number of benzene rings is 1. The molecule has 0 heterocycles. The summed E-state index contributed by atoms with van der Waals surface area (Å²) in [6.45, 7) is 3.83. The third-order valence-corrected chi connectivity index (χ3v) is 3.65. The largest absolute Gasteiger partial charge is 0.481 e. The van der Waals surface area contributed by atoms with Crippen LogP contribution in [-0.4, -0.2) is 35.5 Å². The van der Waals surface area contributed by atoms with Crippen molar-refractivity contribution in [3.8, 4) is 0 Å². The minimum atomic E-state index is -1.00. The lowest BCUT2D eigenvalue weighted by molar-refractivity contribution is -0.151. The first kappa shape index (κ1) is 17.2. The molecule has 0 spiro atoms. The summed E-state index contributed by atoms with van der Waals surface area (Å²) in [6, 6.07) is 10.3. The van der Waals surface area contributed by atoms with Gasteiger partial charge in [0.15, 0.2) is 0 Å². The molecule has 21 heavy (non-hydrogen) atoms. The molecule has 0 bridgehead atoms. The number of carboxylic acid groups (broad SMARTS) is 1. The van der Waals surface area contributed by atoms with Gasteiger partial charge in [0.05, 0.1) is 5.41 Å². The summed E-state index contributed by atoms with van der Waals surface area (Å²) in [5.74, 6) is -1.05.